The second-order valence-electron chi connectivity index (χ2n) is 7.34. The molecule has 5 nitrogen and oxygen atoms in total. The Balaban J connectivity index is 1.49. The zero-order chi connectivity index (χ0) is 20.6. The van der Waals surface area contributed by atoms with Crippen molar-refractivity contribution in [3.05, 3.63) is 71.9 Å². The normalized spacial score (nSPS) is 13.0. The van der Waals surface area contributed by atoms with Crippen LogP contribution in [0.1, 0.15) is 37.3 Å². The number of rotatable bonds is 9. The average Bonchev–Trinajstić information content (AvgIpc) is 3.16. The van der Waals surface area contributed by atoms with Gasteiger partial charge in [-0.15, -0.1) is 0 Å². The molecule has 1 aromatic heterocycles. The molecule has 1 heterocycles. The summed E-state index contributed by atoms with van der Waals surface area (Å²) < 4.78 is 5.34. The predicted molar refractivity (Wildman–Crippen MR) is 115 cm³/mol. The van der Waals surface area contributed by atoms with Gasteiger partial charge >= 0.3 is 5.97 Å². The fraction of sp³-hybridized carbons (Fsp3) is 0.333. The van der Waals surface area contributed by atoms with Crippen LogP contribution in [-0.2, 0) is 20.7 Å². The highest BCUT2D eigenvalue weighted by Gasteiger charge is 2.27. The molecule has 0 saturated heterocycles. The number of carbonyl (C=O) groups excluding carboxylic acids is 2. The van der Waals surface area contributed by atoms with Crippen molar-refractivity contribution >= 4 is 22.8 Å². The minimum absolute atomic E-state index is 0.134. The Kier molecular flexibility index (Phi) is 7.06. The zero-order valence-corrected chi connectivity index (χ0v) is 17.0. The van der Waals surface area contributed by atoms with E-state index in [1.807, 2.05) is 68.6 Å². The molecular weight excluding hydrogens is 364 g/mol. The maximum Gasteiger partial charge on any atom is 0.314 e. The molecule has 2 aromatic carbocycles. The van der Waals surface area contributed by atoms with Crippen molar-refractivity contribution in [3.63, 3.8) is 0 Å². The van der Waals surface area contributed by atoms with Crippen LogP contribution in [-0.4, -0.2) is 30.0 Å². The van der Waals surface area contributed by atoms with Crippen molar-refractivity contribution in [3.8, 4) is 0 Å². The number of aromatic nitrogens is 1. The Labute approximate surface area is 171 Å². The molecule has 0 aliphatic carbocycles. The minimum Gasteiger partial charge on any atom is -0.455 e. The highest BCUT2D eigenvalue weighted by molar-refractivity contribution is 5.84. The van der Waals surface area contributed by atoms with Crippen molar-refractivity contribution in [2.24, 2.45) is 5.92 Å². The van der Waals surface area contributed by atoms with Gasteiger partial charge in [0.05, 0.1) is 5.92 Å². The van der Waals surface area contributed by atoms with E-state index in [1.165, 1.54) is 0 Å². The lowest BCUT2D eigenvalue weighted by Crippen LogP contribution is -2.32. The van der Waals surface area contributed by atoms with Gasteiger partial charge in [-0.3, -0.25) is 9.59 Å². The highest BCUT2D eigenvalue weighted by atomic mass is 16.5. The lowest BCUT2D eigenvalue weighted by Gasteiger charge is -2.21. The molecular formula is C24H28N2O3. The zero-order valence-electron chi connectivity index (χ0n) is 17.0. The number of hydrogen-bond donors (Lipinski definition) is 2. The van der Waals surface area contributed by atoms with Crippen molar-refractivity contribution in [2.75, 3.05) is 13.2 Å². The standard InChI is InChI=1S/C24H28N2O3/c1-3-17(2)23(18-9-5-4-6-10-18)24(28)29-16-22(27)25-14-13-19-15-26-21-12-8-7-11-20(19)21/h4-12,15,17,23,26H,3,13-14,16H2,1-2H3,(H,25,27)/t17-,23-/m0/s1. The van der Waals surface area contributed by atoms with E-state index in [2.05, 4.69) is 16.4 Å². The number of fused-ring (bicyclic) bond motifs is 1. The van der Waals surface area contributed by atoms with E-state index in [-0.39, 0.29) is 30.3 Å². The minimum atomic E-state index is -0.361. The molecule has 0 aliphatic heterocycles. The Hall–Kier alpha value is -3.08. The summed E-state index contributed by atoms with van der Waals surface area (Å²) in [4.78, 5) is 28.0. The predicted octanol–water partition coefficient (Wildman–Crippen LogP) is 4.20. The molecule has 29 heavy (non-hydrogen) atoms. The third-order valence-corrected chi connectivity index (χ3v) is 5.36. The number of ether oxygens (including phenoxy) is 1. The molecule has 2 N–H and O–H groups in total. The van der Waals surface area contributed by atoms with Crippen LogP contribution in [0, 0.1) is 5.92 Å². The van der Waals surface area contributed by atoms with Crippen LogP contribution in [0.5, 0.6) is 0 Å². The second kappa shape index (κ2) is 9.92. The molecule has 0 fully saturated rings. The highest BCUT2D eigenvalue weighted by Crippen LogP contribution is 2.28. The smallest absolute Gasteiger partial charge is 0.314 e. The maximum absolute atomic E-state index is 12.6. The monoisotopic (exact) mass is 392 g/mol. The van der Waals surface area contributed by atoms with Gasteiger partial charge < -0.3 is 15.0 Å². The summed E-state index contributed by atoms with van der Waals surface area (Å²) in [7, 11) is 0. The first-order valence-corrected chi connectivity index (χ1v) is 10.1. The van der Waals surface area contributed by atoms with Gasteiger partial charge in [0.25, 0.3) is 5.91 Å². The number of esters is 1. The van der Waals surface area contributed by atoms with Gasteiger partial charge in [0.15, 0.2) is 6.61 Å². The molecule has 5 heteroatoms. The lowest BCUT2D eigenvalue weighted by molar-refractivity contribution is -0.151. The number of aromatic amines is 1. The average molecular weight is 392 g/mol. The third kappa shape index (κ3) is 5.25. The van der Waals surface area contributed by atoms with Gasteiger partial charge in [-0.1, -0.05) is 68.8 Å². The number of para-hydroxylation sites is 1. The fourth-order valence-corrected chi connectivity index (χ4v) is 3.55. The summed E-state index contributed by atoms with van der Waals surface area (Å²) in [5, 5.41) is 3.99. The van der Waals surface area contributed by atoms with Crippen LogP contribution in [0.3, 0.4) is 0 Å². The summed E-state index contributed by atoms with van der Waals surface area (Å²) >= 11 is 0. The van der Waals surface area contributed by atoms with E-state index in [0.29, 0.717) is 13.0 Å². The molecule has 3 rings (SSSR count). The third-order valence-electron chi connectivity index (χ3n) is 5.36. The van der Waals surface area contributed by atoms with E-state index in [4.69, 9.17) is 4.74 Å². The number of H-pyrrole nitrogens is 1. The Morgan fingerprint density at radius 3 is 2.55 bits per heavy atom. The van der Waals surface area contributed by atoms with Crippen LogP contribution in [0.4, 0.5) is 0 Å². The van der Waals surface area contributed by atoms with Gasteiger partial charge in [0.1, 0.15) is 0 Å². The number of nitrogens with one attached hydrogen (secondary N) is 2. The Morgan fingerprint density at radius 2 is 1.79 bits per heavy atom. The summed E-state index contributed by atoms with van der Waals surface area (Å²) in [5.41, 5.74) is 3.16. The Morgan fingerprint density at radius 1 is 1.07 bits per heavy atom. The topological polar surface area (TPSA) is 71.2 Å². The van der Waals surface area contributed by atoms with Crippen molar-refractivity contribution < 1.29 is 14.3 Å². The molecule has 1 amide bonds. The summed E-state index contributed by atoms with van der Waals surface area (Å²) in [6, 6.07) is 17.7. The number of hydrogen-bond acceptors (Lipinski definition) is 3. The van der Waals surface area contributed by atoms with Crippen LogP contribution >= 0.6 is 0 Å². The molecule has 0 saturated carbocycles. The van der Waals surface area contributed by atoms with E-state index >= 15 is 0 Å². The summed E-state index contributed by atoms with van der Waals surface area (Å²) in [6.07, 6.45) is 3.53. The van der Waals surface area contributed by atoms with Crippen LogP contribution in [0.25, 0.3) is 10.9 Å². The van der Waals surface area contributed by atoms with Gasteiger partial charge in [0.2, 0.25) is 0 Å². The molecule has 0 aliphatic rings. The molecule has 0 unspecified atom stereocenters. The molecule has 0 spiro atoms. The van der Waals surface area contributed by atoms with Gasteiger partial charge in [-0.2, -0.15) is 0 Å². The first-order valence-electron chi connectivity index (χ1n) is 10.1. The molecule has 152 valence electrons. The van der Waals surface area contributed by atoms with E-state index < -0.39 is 0 Å². The maximum atomic E-state index is 12.6. The van der Waals surface area contributed by atoms with Gasteiger partial charge in [-0.05, 0) is 29.5 Å². The van der Waals surface area contributed by atoms with E-state index in [0.717, 1.165) is 28.5 Å². The quantitative estimate of drug-likeness (QED) is 0.536. The van der Waals surface area contributed by atoms with Crippen molar-refractivity contribution in [1.29, 1.82) is 0 Å². The first kappa shape index (κ1) is 20.6. The van der Waals surface area contributed by atoms with E-state index in [1.54, 1.807) is 0 Å². The first-order chi connectivity index (χ1) is 14.1. The molecule has 0 radical (unpaired) electrons. The van der Waals surface area contributed by atoms with Gasteiger partial charge in [-0.25, -0.2) is 0 Å². The number of amides is 1. The van der Waals surface area contributed by atoms with Crippen molar-refractivity contribution in [1.82, 2.24) is 10.3 Å². The Bertz CT molecular complexity index is 949. The fourth-order valence-electron chi connectivity index (χ4n) is 3.55. The lowest BCUT2D eigenvalue weighted by atomic mass is 9.86. The van der Waals surface area contributed by atoms with Gasteiger partial charge in [0, 0.05) is 23.6 Å². The van der Waals surface area contributed by atoms with Crippen LogP contribution < -0.4 is 5.32 Å². The van der Waals surface area contributed by atoms with Crippen LogP contribution in [0.2, 0.25) is 0 Å². The molecule has 3 aromatic rings. The van der Waals surface area contributed by atoms with Crippen LogP contribution in [0.15, 0.2) is 60.8 Å². The second-order valence-corrected chi connectivity index (χ2v) is 7.34. The molecule has 2 atom stereocenters. The SMILES string of the molecule is CC[C@H](C)[C@H](C(=O)OCC(=O)NCCc1c[nH]c2ccccc12)c1ccccc1. The summed E-state index contributed by atoms with van der Waals surface area (Å²) in [6.45, 7) is 4.31. The summed E-state index contributed by atoms with van der Waals surface area (Å²) in [5.74, 6) is -0.860. The van der Waals surface area contributed by atoms with E-state index in [9.17, 15) is 9.59 Å². The molecule has 0 bridgehead atoms. The number of carbonyl (C=O) groups is 2. The van der Waals surface area contributed by atoms with Crippen molar-refractivity contribution in [2.45, 2.75) is 32.6 Å². The largest absolute Gasteiger partial charge is 0.455 e. The number of benzene rings is 2.